The third kappa shape index (κ3) is 3.99. The second-order valence-electron chi connectivity index (χ2n) is 5.81. The molecular formula is C18H17BrN2O2. The first-order valence-electron chi connectivity index (χ1n) is 7.47. The number of nitrogens with one attached hydrogen (secondary N) is 2. The fourth-order valence-electron chi connectivity index (χ4n) is 2.53. The molecule has 4 nitrogen and oxygen atoms in total. The molecule has 1 aliphatic rings. The summed E-state index contributed by atoms with van der Waals surface area (Å²) in [5.41, 5.74) is 2.59. The van der Waals surface area contributed by atoms with Crippen LogP contribution in [0.5, 0.6) is 0 Å². The molecule has 3 rings (SSSR count). The number of hydrogen-bond acceptors (Lipinski definition) is 2. The molecule has 0 heterocycles. The molecule has 0 bridgehead atoms. The van der Waals surface area contributed by atoms with E-state index in [0.717, 1.165) is 21.4 Å². The molecule has 2 aromatic rings. The van der Waals surface area contributed by atoms with E-state index in [1.54, 1.807) is 0 Å². The van der Waals surface area contributed by atoms with Crippen molar-refractivity contribution in [3.05, 3.63) is 58.6 Å². The SMILES string of the molecule is Cc1cccc(NC(=O)C2CC2C(=O)Nc2cccc(Br)c2)c1. The van der Waals surface area contributed by atoms with Gasteiger partial charge in [-0.15, -0.1) is 0 Å². The van der Waals surface area contributed by atoms with E-state index in [1.165, 1.54) is 0 Å². The Kier molecular flexibility index (Phi) is 4.48. The Morgan fingerprint density at radius 3 is 2.09 bits per heavy atom. The van der Waals surface area contributed by atoms with Gasteiger partial charge in [0.25, 0.3) is 0 Å². The van der Waals surface area contributed by atoms with E-state index in [1.807, 2.05) is 55.5 Å². The first-order valence-corrected chi connectivity index (χ1v) is 8.26. The molecule has 0 spiro atoms. The Morgan fingerprint density at radius 1 is 0.957 bits per heavy atom. The number of amides is 2. The van der Waals surface area contributed by atoms with Crippen molar-refractivity contribution < 1.29 is 9.59 Å². The fourth-order valence-corrected chi connectivity index (χ4v) is 2.93. The minimum atomic E-state index is -0.251. The monoisotopic (exact) mass is 372 g/mol. The van der Waals surface area contributed by atoms with Gasteiger partial charge in [0.15, 0.2) is 0 Å². The zero-order chi connectivity index (χ0) is 16.4. The number of rotatable bonds is 4. The number of halogens is 1. The van der Waals surface area contributed by atoms with Crippen molar-refractivity contribution >= 4 is 39.1 Å². The van der Waals surface area contributed by atoms with Crippen LogP contribution >= 0.6 is 15.9 Å². The van der Waals surface area contributed by atoms with Crippen LogP contribution in [0.2, 0.25) is 0 Å². The molecule has 0 radical (unpaired) electrons. The molecule has 1 saturated carbocycles. The van der Waals surface area contributed by atoms with E-state index in [9.17, 15) is 9.59 Å². The third-order valence-electron chi connectivity index (χ3n) is 3.84. The van der Waals surface area contributed by atoms with Crippen molar-refractivity contribution in [1.82, 2.24) is 0 Å². The zero-order valence-corrected chi connectivity index (χ0v) is 14.3. The van der Waals surface area contributed by atoms with Gasteiger partial charge in [-0.05, 0) is 49.2 Å². The van der Waals surface area contributed by atoms with Crippen molar-refractivity contribution in [3.8, 4) is 0 Å². The topological polar surface area (TPSA) is 58.2 Å². The number of carbonyl (C=O) groups excluding carboxylic acids is 2. The van der Waals surface area contributed by atoms with E-state index in [-0.39, 0.29) is 23.7 Å². The number of anilines is 2. The lowest BCUT2D eigenvalue weighted by Gasteiger charge is -2.07. The average Bonchev–Trinajstić information content (AvgIpc) is 3.28. The second-order valence-corrected chi connectivity index (χ2v) is 6.72. The van der Waals surface area contributed by atoms with Crippen LogP contribution < -0.4 is 10.6 Å². The second kappa shape index (κ2) is 6.54. The van der Waals surface area contributed by atoms with Gasteiger partial charge in [0.05, 0.1) is 11.8 Å². The lowest BCUT2D eigenvalue weighted by Crippen LogP contribution is -2.20. The van der Waals surface area contributed by atoms with E-state index in [0.29, 0.717) is 6.42 Å². The molecule has 1 aliphatic carbocycles. The smallest absolute Gasteiger partial charge is 0.228 e. The highest BCUT2D eigenvalue weighted by Gasteiger charge is 2.48. The van der Waals surface area contributed by atoms with Crippen LogP contribution in [0.3, 0.4) is 0 Å². The third-order valence-corrected chi connectivity index (χ3v) is 4.33. The molecule has 0 aliphatic heterocycles. The Balaban J connectivity index is 1.56. The van der Waals surface area contributed by atoms with E-state index in [4.69, 9.17) is 0 Å². The number of carbonyl (C=O) groups is 2. The number of benzene rings is 2. The predicted octanol–water partition coefficient (Wildman–Crippen LogP) is 3.97. The van der Waals surface area contributed by atoms with Gasteiger partial charge in [-0.3, -0.25) is 9.59 Å². The average molecular weight is 373 g/mol. The molecule has 5 heteroatoms. The molecule has 2 amide bonds. The Bertz CT molecular complexity index is 697. The normalized spacial score (nSPS) is 19.0. The highest BCUT2D eigenvalue weighted by molar-refractivity contribution is 9.10. The van der Waals surface area contributed by atoms with Gasteiger partial charge in [-0.1, -0.05) is 34.1 Å². The van der Waals surface area contributed by atoms with Gasteiger partial charge < -0.3 is 10.6 Å². The van der Waals surface area contributed by atoms with Crippen molar-refractivity contribution in [2.24, 2.45) is 11.8 Å². The molecular weight excluding hydrogens is 356 g/mol. The maximum absolute atomic E-state index is 12.2. The van der Waals surface area contributed by atoms with Crippen molar-refractivity contribution in [3.63, 3.8) is 0 Å². The van der Waals surface area contributed by atoms with E-state index >= 15 is 0 Å². The highest BCUT2D eigenvalue weighted by atomic mass is 79.9. The minimum absolute atomic E-state index is 0.0926. The molecule has 2 N–H and O–H groups in total. The molecule has 2 atom stereocenters. The predicted molar refractivity (Wildman–Crippen MR) is 94.2 cm³/mol. The van der Waals surface area contributed by atoms with Gasteiger partial charge in [-0.2, -0.15) is 0 Å². The van der Waals surface area contributed by atoms with E-state index in [2.05, 4.69) is 26.6 Å². The minimum Gasteiger partial charge on any atom is -0.326 e. The fraction of sp³-hybridized carbons (Fsp3) is 0.222. The van der Waals surface area contributed by atoms with Crippen molar-refractivity contribution in [1.29, 1.82) is 0 Å². The maximum atomic E-state index is 12.2. The largest absolute Gasteiger partial charge is 0.326 e. The summed E-state index contributed by atoms with van der Waals surface area (Å²) in [5, 5.41) is 5.73. The summed E-state index contributed by atoms with van der Waals surface area (Å²) >= 11 is 3.37. The first-order chi connectivity index (χ1) is 11.0. The van der Waals surface area contributed by atoms with Crippen LogP contribution in [0.4, 0.5) is 11.4 Å². The molecule has 23 heavy (non-hydrogen) atoms. The molecule has 118 valence electrons. The van der Waals surface area contributed by atoms with Gasteiger partial charge in [0.1, 0.15) is 0 Å². The van der Waals surface area contributed by atoms with Crippen molar-refractivity contribution in [2.75, 3.05) is 10.6 Å². The van der Waals surface area contributed by atoms with Gasteiger partial charge in [0, 0.05) is 15.8 Å². The summed E-state index contributed by atoms with van der Waals surface area (Å²) in [5.74, 6) is -0.695. The van der Waals surface area contributed by atoms with Crippen LogP contribution in [-0.4, -0.2) is 11.8 Å². The van der Waals surface area contributed by atoms with Crippen molar-refractivity contribution in [2.45, 2.75) is 13.3 Å². The lowest BCUT2D eigenvalue weighted by atomic mass is 10.2. The summed E-state index contributed by atoms with van der Waals surface area (Å²) in [6.07, 6.45) is 0.595. The molecule has 2 aromatic carbocycles. The van der Waals surface area contributed by atoms with Crippen LogP contribution in [-0.2, 0) is 9.59 Å². The molecule has 0 saturated heterocycles. The standard InChI is InChI=1S/C18H17BrN2O2/c1-11-4-2-6-13(8-11)20-17(22)15-10-16(15)18(23)21-14-7-3-5-12(19)9-14/h2-9,15-16H,10H2,1H3,(H,20,22)(H,21,23). The summed E-state index contributed by atoms with van der Waals surface area (Å²) in [6, 6.07) is 15.0. The summed E-state index contributed by atoms with van der Waals surface area (Å²) in [7, 11) is 0. The van der Waals surface area contributed by atoms with E-state index < -0.39 is 0 Å². The molecule has 1 fully saturated rings. The summed E-state index contributed by atoms with van der Waals surface area (Å²) in [4.78, 5) is 24.4. The highest BCUT2D eigenvalue weighted by Crippen LogP contribution is 2.40. The Labute approximate surface area is 143 Å². The van der Waals surface area contributed by atoms with Gasteiger partial charge >= 0.3 is 0 Å². The molecule has 0 aromatic heterocycles. The van der Waals surface area contributed by atoms with Crippen LogP contribution in [0.1, 0.15) is 12.0 Å². The van der Waals surface area contributed by atoms with Crippen LogP contribution in [0, 0.1) is 18.8 Å². The zero-order valence-electron chi connectivity index (χ0n) is 12.7. The first kappa shape index (κ1) is 15.7. The van der Waals surface area contributed by atoms with Crippen LogP contribution in [0.15, 0.2) is 53.0 Å². The summed E-state index contributed by atoms with van der Waals surface area (Å²) < 4.78 is 0.903. The van der Waals surface area contributed by atoms with Gasteiger partial charge in [-0.25, -0.2) is 0 Å². The lowest BCUT2D eigenvalue weighted by molar-refractivity contribution is -0.122. The quantitative estimate of drug-likeness (QED) is 0.852. The Hall–Kier alpha value is -2.14. The maximum Gasteiger partial charge on any atom is 0.228 e. The van der Waals surface area contributed by atoms with Gasteiger partial charge in [0.2, 0.25) is 11.8 Å². The molecule has 2 unspecified atom stereocenters. The Morgan fingerprint density at radius 2 is 1.52 bits per heavy atom. The van der Waals surface area contributed by atoms with Crippen LogP contribution in [0.25, 0.3) is 0 Å². The summed E-state index contributed by atoms with van der Waals surface area (Å²) in [6.45, 7) is 1.97. The number of hydrogen-bond donors (Lipinski definition) is 2. The number of aryl methyl sites for hydroxylation is 1.